The van der Waals surface area contributed by atoms with Crippen LogP contribution in [0.2, 0.25) is 0 Å². The molecule has 6 nitrogen and oxygen atoms in total. The van der Waals surface area contributed by atoms with Crippen LogP contribution in [0.3, 0.4) is 0 Å². The second-order valence-corrected chi connectivity index (χ2v) is 4.74. The average Bonchev–Trinajstić information content (AvgIpc) is 3.06. The summed E-state index contributed by atoms with van der Waals surface area (Å²) in [6, 6.07) is 17.3. The van der Waals surface area contributed by atoms with E-state index in [1.54, 1.807) is 0 Å². The number of nitrogens with two attached hydrogens (primary N) is 1. The highest BCUT2D eigenvalue weighted by Crippen LogP contribution is 2.17. The minimum absolute atomic E-state index is 0.595. The Morgan fingerprint density at radius 2 is 1.82 bits per heavy atom. The Morgan fingerprint density at radius 3 is 2.50 bits per heavy atom. The highest BCUT2D eigenvalue weighted by Gasteiger charge is 2.06. The van der Waals surface area contributed by atoms with Crippen molar-refractivity contribution in [1.29, 1.82) is 0 Å². The zero-order chi connectivity index (χ0) is 15.4. The molecule has 2 aromatic carbocycles. The van der Waals surface area contributed by atoms with Gasteiger partial charge < -0.3 is 5.73 Å². The van der Waals surface area contributed by atoms with Crippen molar-refractivity contribution < 1.29 is 0 Å². The molecule has 0 bridgehead atoms. The maximum atomic E-state index is 5.73. The molecule has 1 heterocycles. The SMILES string of the molecule is CCC(N)=Nc1ccc(-n2nnc(-c3ccccc3)n2)cc1. The van der Waals surface area contributed by atoms with E-state index in [0.29, 0.717) is 11.7 Å². The standard InChI is InChI=1S/C16H16N6/c1-2-15(17)18-13-8-10-14(11-9-13)22-20-16(19-21-22)12-6-4-3-5-7-12/h3-11H,2H2,1H3,(H2,17,18). The van der Waals surface area contributed by atoms with Crippen LogP contribution >= 0.6 is 0 Å². The molecule has 3 rings (SSSR count). The number of nitrogens with zero attached hydrogens (tertiary/aromatic N) is 5. The molecule has 0 aliphatic heterocycles. The van der Waals surface area contributed by atoms with E-state index in [0.717, 1.165) is 23.4 Å². The monoisotopic (exact) mass is 292 g/mol. The number of rotatable bonds is 4. The van der Waals surface area contributed by atoms with E-state index >= 15 is 0 Å². The van der Waals surface area contributed by atoms with Crippen LogP contribution in [-0.4, -0.2) is 26.0 Å². The van der Waals surface area contributed by atoms with Crippen LogP contribution in [0.1, 0.15) is 13.3 Å². The Kier molecular flexibility index (Phi) is 3.91. The van der Waals surface area contributed by atoms with Gasteiger partial charge in [-0.3, -0.25) is 0 Å². The number of amidine groups is 1. The van der Waals surface area contributed by atoms with Gasteiger partial charge in [-0.2, -0.15) is 0 Å². The summed E-state index contributed by atoms with van der Waals surface area (Å²) >= 11 is 0. The summed E-state index contributed by atoms with van der Waals surface area (Å²) in [5.74, 6) is 1.20. The molecule has 0 atom stereocenters. The fourth-order valence-electron chi connectivity index (χ4n) is 1.93. The molecule has 0 spiro atoms. The summed E-state index contributed by atoms with van der Waals surface area (Å²) in [7, 11) is 0. The maximum absolute atomic E-state index is 5.73. The van der Waals surface area contributed by atoms with Crippen LogP contribution in [0.25, 0.3) is 17.1 Å². The third-order valence-corrected chi connectivity index (χ3v) is 3.16. The highest BCUT2D eigenvalue weighted by molar-refractivity contribution is 5.82. The van der Waals surface area contributed by atoms with Gasteiger partial charge in [0.2, 0.25) is 5.82 Å². The molecule has 0 saturated carbocycles. The van der Waals surface area contributed by atoms with Crippen molar-refractivity contribution in [2.45, 2.75) is 13.3 Å². The summed E-state index contributed by atoms with van der Waals surface area (Å²) in [5.41, 5.74) is 8.30. The lowest BCUT2D eigenvalue weighted by Gasteiger charge is -2.00. The summed E-state index contributed by atoms with van der Waals surface area (Å²) in [6.07, 6.45) is 0.729. The number of aromatic nitrogens is 4. The molecular formula is C16H16N6. The van der Waals surface area contributed by atoms with Crippen LogP contribution in [0.4, 0.5) is 5.69 Å². The molecule has 0 saturated heterocycles. The Bertz CT molecular complexity index is 774. The number of aliphatic imine (C=N–C) groups is 1. The van der Waals surface area contributed by atoms with Gasteiger partial charge in [0, 0.05) is 12.0 Å². The zero-order valence-electron chi connectivity index (χ0n) is 12.2. The van der Waals surface area contributed by atoms with Gasteiger partial charge >= 0.3 is 0 Å². The molecule has 110 valence electrons. The maximum Gasteiger partial charge on any atom is 0.205 e. The van der Waals surface area contributed by atoms with E-state index < -0.39 is 0 Å². The average molecular weight is 292 g/mol. The minimum Gasteiger partial charge on any atom is -0.387 e. The highest BCUT2D eigenvalue weighted by atomic mass is 15.6. The van der Waals surface area contributed by atoms with Gasteiger partial charge in [-0.15, -0.1) is 15.0 Å². The smallest absolute Gasteiger partial charge is 0.205 e. The van der Waals surface area contributed by atoms with Gasteiger partial charge in [-0.05, 0) is 29.5 Å². The molecule has 0 fully saturated rings. The van der Waals surface area contributed by atoms with Crippen LogP contribution in [-0.2, 0) is 0 Å². The Balaban J connectivity index is 1.85. The van der Waals surface area contributed by atoms with Crippen molar-refractivity contribution in [2.24, 2.45) is 10.7 Å². The molecule has 22 heavy (non-hydrogen) atoms. The van der Waals surface area contributed by atoms with E-state index in [4.69, 9.17) is 5.73 Å². The Labute approximate surface area is 128 Å². The Hall–Kier alpha value is -3.02. The van der Waals surface area contributed by atoms with Gasteiger partial charge in [-0.1, -0.05) is 37.3 Å². The van der Waals surface area contributed by atoms with Gasteiger partial charge in [0.15, 0.2) is 0 Å². The fourth-order valence-corrected chi connectivity index (χ4v) is 1.93. The first-order valence-electron chi connectivity index (χ1n) is 7.05. The Morgan fingerprint density at radius 1 is 1.09 bits per heavy atom. The lowest BCUT2D eigenvalue weighted by molar-refractivity contribution is 0.720. The topological polar surface area (TPSA) is 82.0 Å². The molecule has 0 aliphatic rings. The first-order chi connectivity index (χ1) is 10.8. The molecule has 0 radical (unpaired) electrons. The predicted octanol–water partition coefficient (Wildman–Crippen LogP) is 2.73. The molecule has 6 heteroatoms. The second-order valence-electron chi connectivity index (χ2n) is 4.74. The third kappa shape index (κ3) is 3.01. The normalized spacial score (nSPS) is 11.6. The fraction of sp³-hybridized carbons (Fsp3) is 0.125. The number of hydrogen-bond donors (Lipinski definition) is 1. The van der Waals surface area contributed by atoms with Gasteiger partial charge in [-0.25, -0.2) is 4.99 Å². The molecule has 0 amide bonds. The lowest BCUT2D eigenvalue weighted by Crippen LogP contribution is -2.08. The minimum atomic E-state index is 0.595. The van der Waals surface area contributed by atoms with E-state index in [-0.39, 0.29) is 0 Å². The second kappa shape index (κ2) is 6.17. The van der Waals surface area contributed by atoms with Crippen molar-refractivity contribution >= 4 is 11.5 Å². The van der Waals surface area contributed by atoms with E-state index in [9.17, 15) is 0 Å². The van der Waals surface area contributed by atoms with Crippen LogP contribution in [0.15, 0.2) is 59.6 Å². The van der Waals surface area contributed by atoms with Gasteiger partial charge in [0.1, 0.15) is 0 Å². The zero-order valence-corrected chi connectivity index (χ0v) is 12.2. The van der Waals surface area contributed by atoms with Crippen molar-refractivity contribution in [3.8, 4) is 17.1 Å². The van der Waals surface area contributed by atoms with Crippen molar-refractivity contribution in [1.82, 2.24) is 20.2 Å². The first kappa shape index (κ1) is 13.9. The van der Waals surface area contributed by atoms with E-state index in [1.807, 2.05) is 61.5 Å². The quantitative estimate of drug-likeness (QED) is 0.592. The first-order valence-corrected chi connectivity index (χ1v) is 7.05. The molecule has 2 N–H and O–H groups in total. The molecular weight excluding hydrogens is 276 g/mol. The molecule has 1 aromatic heterocycles. The summed E-state index contributed by atoms with van der Waals surface area (Å²) in [4.78, 5) is 5.79. The molecule has 3 aromatic rings. The summed E-state index contributed by atoms with van der Waals surface area (Å²) in [6.45, 7) is 1.97. The number of tetrazole rings is 1. The van der Waals surface area contributed by atoms with Crippen LogP contribution in [0.5, 0.6) is 0 Å². The lowest BCUT2D eigenvalue weighted by atomic mass is 10.2. The van der Waals surface area contributed by atoms with Crippen molar-refractivity contribution in [2.75, 3.05) is 0 Å². The van der Waals surface area contributed by atoms with Gasteiger partial charge in [0.05, 0.1) is 17.2 Å². The summed E-state index contributed by atoms with van der Waals surface area (Å²) < 4.78 is 0. The van der Waals surface area contributed by atoms with Crippen molar-refractivity contribution in [3.05, 3.63) is 54.6 Å². The van der Waals surface area contributed by atoms with E-state index in [1.165, 1.54) is 4.80 Å². The number of hydrogen-bond acceptors (Lipinski definition) is 4. The van der Waals surface area contributed by atoms with Crippen molar-refractivity contribution in [3.63, 3.8) is 0 Å². The largest absolute Gasteiger partial charge is 0.387 e. The third-order valence-electron chi connectivity index (χ3n) is 3.16. The van der Waals surface area contributed by atoms with Gasteiger partial charge in [0.25, 0.3) is 0 Å². The molecule has 0 aliphatic carbocycles. The molecule has 0 unspecified atom stereocenters. The number of benzene rings is 2. The predicted molar refractivity (Wildman–Crippen MR) is 86.2 cm³/mol. The van der Waals surface area contributed by atoms with Crippen LogP contribution in [0, 0.1) is 0 Å². The summed E-state index contributed by atoms with van der Waals surface area (Å²) in [5, 5.41) is 12.6. The van der Waals surface area contributed by atoms with Crippen LogP contribution < -0.4 is 5.73 Å². The van der Waals surface area contributed by atoms with E-state index in [2.05, 4.69) is 20.4 Å².